The first kappa shape index (κ1) is 21.2. The summed E-state index contributed by atoms with van der Waals surface area (Å²) in [6, 6.07) is 10.8. The van der Waals surface area contributed by atoms with Crippen LogP contribution in [0.1, 0.15) is 18.1 Å². The summed E-state index contributed by atoms with van der Waals surface area (Å²) in [4.78, 5) is 8.51. The minimum Gasteiger partial charge on any atom is -0.493 e. The van der Waals surface area contributed by atoms with Gasteiger partial charge in [-0.1, -0.05) is 12.1 Å². The number of nitrogens with one attached hydrogen (secondary N) is 2. The Morgan fingerprint density at radius 2 is 1.87 bits per heavy atom. The van der Waals surface area contributed by atoms with Crippen LogP contribution in [0.5, 0.6) is 11.5 Å². The number of hydrogen-bond donors (Lipinski definition) is 2. The van der Waals surface area contributed by atoms with Crippen LogP contribution in [0.15, 0.2) is 60.1 Å². The minimum atomic E-state index is -0.316. The van der Waals surface area contributed by atoms with Crippen LogP contribution in [0.4, 0.5) is 4.39 Å². The van der Waals surface area contributed by atoms with Gasteiger partial charge in [0.25, 0.3) is 0 Å². The van der Waals surface area contributed by atoms with Crippen LogP contribution < -0.4 is 20.1 Å². The Morgan fingerprint density at radius 3 is 2.53 bits per heavy atom. The molecule has 3 rings (SSSR count). The van der Waals surface area contributed by atoms with E-state index in [0.29, 0.717) is 42.8 Å². The predicted molar refractivity (Wildman–Crippen MR) is 115 cm³/mol. The first-order valence-electron chi connectivity index (χ1n) is 9.64. The lowest BCUT2D eigenvalue weighted by Crippen LogP contribution is -2.36. The number of hydrogen-bond acceptors (Lipinski definition) is 4. The number of imidazole rings is 1. The molecule has 3 aromatic rings. The number of ether oxygens (including phenoxy) is 2. The van der Waals surface area contributed by atoms with Gasteiger partial charge in [-0.15, -0.1) is 0 Å². The molecule has 30 heavy (non-hydrogen) atoms. The third kappa shape index (κ3) is 5.28. The molecule has 0 saturated heterocycles. The molecule has 0 radical (unpaired) electrons. The van der Waals surface area contributed by atoms with Crippen LogP contribution in [0.2, 0.25) is 0 Å². The van der Waals surface area contributed by atoms with Crippen LogP contribution in [0, 0.1) is 5.82 Å². The lowest BCUT2D eigenvalue weighted by Gasteiger charge is -2.13. The quantitative estimate of drug-likeness (QED) is 0.440. The molecular formula is C22H26FN5O2. The Labute approximate surface area is 175 Å². The highest BCUT2D eigenvalue weighted by molar-refractivity contribution is 5.79. The summed E-state index contributed by atoms with van der Waals surface area (Å²) in [6.45, 7) is 3.61. The van der Waals surface area contributed by atoms with E-state index in [2.05, 4.69) is 20.6 Å². The van der Waals surface area contributed by atoms with E-state index >= 15 is 0 Å². The Balaban J connectivity index is 1.67. The molecule has 0 fully saturated rings. The Morgan fingerprint density at radius 1 is 1.07 bits per heavy atom. The van der Waals surface area contributed by atoms with E-state index in [4.69, 9.17) is 9.47 Å². The highest BCUT2D eigenvalue weighted by Crippen LogP contribution is 2.27. The Kier molecular flexibility index (Phi) is 7.26. The lowest BCUT2D eigenvalue weighted by molar-refractivity contribution is 0.354. The molecule has 158 valence electrons. The van der Waals surface area contributed by atoms with Gasteiger partial charge in [0, 0.05) is 25.5 Å². The lowest BCUT2D eigenvalue weighted by atomic mass is 10.2. The molecule has 0 unspecified atom stereocenters. The van der Waals surface area contributed by atoms with E-state index in [0.717, 1.165) is 11.1 Å². The van der Waals surface area contributed by atoms with Crippen molar-refractivity contribution in [1.82, 2.24) is 20.2 Å². The Hall–Kier alpha value is -3.55. The van der Waals surface area contributed by atoms with Crippen molar-refractivity contribution in [1.29, 1.82) is 0 Å². The highest BCUT2D eigenvalue weighted by Gasteiger charge is 2.07. The zero-order valence-corrected chi connectivity index (χ0v) is 17.4. The molecule has 7 nitrogen and oxygen atoms in total. The van der Waals surface area contributed by atoms with Gasteiger partial charge in [0.15, 0.2) is 17.5 Å². The van der Waals surface area contributed by atoms with Gasteiger partial charge in [-0.25, -0.2) is 14.4 Å². The molecule has 0 aliphatic rings. The monoisotopic (exact) mass is 411 g/mol. The molecule has 2 aromatic carbocycles. The summed E-state index contributed by atoms with van der Waals surface area (Å²) < 4.78 is 26.7. The van der Waals surface area contributed by atoms with Gasteiger partial charge in [-0.3, -0.25) is 0 Å². The van der Waals surface area contributed by atoms with Crippen molar-refractivity contribution in [3.8, 4) is 17.2 Å². The number of aromatic nitrogens is 2. The van der Waals surface area contributed by atoms with Gasteiger partial charge in [0.1, 0.15) is 5.82 Å². The van der Waals surface area contributed by atoms with E-state index in [1.807, 2.05) is 31.2 Å². The molecule has 2 N–H and O–H groups in total. The van der Waals surface area contributed by atoms with Crippen LogP contribution in [-0.2, 0) is 13.1 Å². The first-order chi connectivity index (χ1) is 14.6. The standard InChI is InChI=1S/C22H26FN5O2/c1-4-25-22(27-14-17-6-8-20(29-2)21(12-17)30-3)26-13-16-5-7-19(18(23)11-16)28-10-9-24-15-28/h5-12,15H,4,13-14H2,1-3H3,(H2,25,26,27). The third-order valence-electron chi connectivity index (χ3n) is 4.47. The molecule has 0 atom stereocenters. The van der Waals surface area contributed by atoms with Crippen molar-refractivity contribution in [3.05, 3.63) is 72.1 Å². The molecule has 0 amide bonds. The van der Waals surface area contributed by atoms with Crippen molar-refractivity contribution < 1.29 is 13.9 Å². The zero-order chi connectivity index (χ0) is 21.3. The van der Waals surface area contributed by atoms with Crippen LogP contribution in [-0.4, -0.2) is 36.3 Å². The largest absolute Gasteiger partial charge is 0.493 e. The molecule has 1 aromatic heterocycles. The second kappa shape index (κ2) is 10.3. The predicted octanol–water partition coefficient (Wildman–Crippen LogP) is 3.28. The molecule has 0 aliphatic heterocycles. The maximum Gasteiger partial charge on any atom is 0.191 e. The van der Waals surface area contributed by atoms with Crippen LogP contribution in [0.25, 0.3) is 5.69 Å². The summed E-state index contributed by atoms with van der Waals surface area (Å²) in [5.41, 5.74) is 2.26. The summed E-state index contributed by atoms with van der Waals surface area (Å²) >= 11 is 0. The van der Waals surface area contributed by atoms with Gasteiger partial charge in [-0.05, 0) is 42.3 Å². The normalized spacial score (nSPS) is 11.3. The molecular weight excluding hydrogens is 385 g/mol. The summed E-state index contributed by atoms with van der Waals surface area (Å²) in [5.74, 6) is 1.69. The van der Waals surface area contributed by atoms with Gasteiger partial charge in [-0.2, -0.15) is 0 Å². The van der Waals surface area contributed by atoms with Crippen LogP contribution in [0.3, 0.4) is 0 Å². The van der Waals surface area contributed by atoms with Crippen molar-refractivity contribution in [3.63, 3.8) is 0 Å². The smallest absolute Gasteiger partial charge is 0.191 e. The molecule has 0 bridgehead atoms. The molecule has 8 heteroatoms. The van der Waals surface area contributed by atoms with Gasteiger partial charge < -0.3 is 24.7 Å². The number of benzene rings is 2. The van der Waals surface area contributed by atoms with Crippen molar-refractivity contribution in [2.24, 2.45) is 4.99 Å². The fourth-order valence-electron chi connectivity index (χ4n) is 2.95. The van der Waals surface area contributed by atoms with Crippen molar-refractivity contribution in [2.45, 2.75) is 20.0 Å². The van der Waals surface area contributed by atoms with E-state index in [1.165, 1.54) is 6.07 Å². The summed E-state index contributed by atoms with van der Waals surface area (Å²) in [7, 11) is 3.22. The van der Waals surface area contributed by atoms with E-state index in [1.54, 1.807) is 43.6 Å². The average molecular weight is 411 g/mol. The third-order valence-corrected chi connectivity index (χ3v) is 4.47. The van der Waals surface area contributed by atoms with Gasteiger partial charge >= 0.3 is 0 Å². The maximum absolute atomic E-state index is 14.4. The highest BCUT2D eigenvalue weighted by atomic mass is 19.1. The maximum atomic E-state index is 14.4. The fraction of sp³-hybridized carbons (Fsp3) is 0.273. The van der Waals surface area contributed by atoms with Gasteiger partial charge in [0.05, 0.1) is 32.8 Å². The minimum absolute atomic E-state index is 0.316. The average Bonchev–Trinajstić information content (AvgIpc) is 3.30. The van der Waals surface area contributed by atoms with Crippen molar-refractivity contribution >= 4 is 5.96 Å². The fourth-order valence-corrected chi connectivity index (χ4v) is 2.95. The number of aliphatic imine (C=N–C) groups is 1. The number of guanidine groups is 1. The number of halogens is 1. The molecule has 0 aliphatic carbocycles. The number of nitrogens with zero attached hydrogens (tertiary/aromatic N) is 3. The van der Waals surface area contributed by atoms with Crippen LogP contribution >= 0.6 is 0 Å². The summed E-state index contributed by atoms with van der Waals surface area (Å²) in [5, 5.41) is 6.48. The number of methoxy groups -OCH3 is 2. The Bertz CT molecular complexity index is 989. The molecule has 0 spiro atoms. The molecule has 0 saturated carbocycles. The van der Waals surface area contributed by atoms with E-state index in [9.17, 15) is 4.39 Å². The molecule has 1 heterocycles. The van der Waals surface area contributed by atoms with E-state index in [-0.39, 0.29) is 5.82 Å². The zero-order valence-electron chi connectivity index (χ0n) is 17.4. The topological polar surface area (TPSA) is 72.7 Å². The SMILES string of the molecule is CCNC(=NCc1ccc(-n2ccnc2)c(F)c1)NCc1ccc(OC)c(OC)c1. The second-order valence-corrected chi connectivity index (χ2v) is 6.49. The number of rotatable bonds is 8. The van der Waals surface area contributed by atoms with E-state index < -0.39 is 0 Å². The summed E-state index contributed by atoms with van der Waals surface area (Å²) in [6.07, 6.45) is 4.89. The van der Waals surface area contributed by atoms with Gasteiger partial charge in [0.2, 0.25) is 0 Å². The first-order valence-corrected chi connectivity index (χ1v) is 9.64. The van der Waals surface area contributed by atoms with Crippen molar-refractivity contribution in [2.75, 3.05) is 20.8 Å². The second-order valence-electron chi connectivity index (χ2n) is 6.49.